The summed E-state index contributed by atoms with van der Waals surface area (Å²) >= 11 is 0. The molecule has 0 spiro atoms. The standard InChI is InChI=1S/C14H21NO2S/c1-10(9-18(2)17)15-14-5-3-4-11-6-7-12(16)8-13(11)14/h6-8,10,14-16H,3-5,9H2,1-2H3. The summed E-state index contributed by atoms with van der Waals surface area (Å²) in [7, 11) is -0.774. The Balaban J connectivity index is 2.12. The van der Waals surface area contributed by atoms with E-state index >= 15 is 0 Å². The summed E-state index contributed by atoms with van der Waals surface area (Å²) in [4.78, 5) is 0. The maximum atomic E-state index is 11.2. The highest BCUT2D eigenvalue weighted by Gasteiger charge is 2.22. The van der Waals surface area contributed by atoms with Crippen molar-refractivity contribution in [3.8, 4) is 5.75 Å². The van der Waals surface area contributed by atoms with Crippen molar-refractivity contribution in [1.29, 1.82) is 0 Å². The number of aromatic hydroxyl groups is 1. The number of benzene rings is 1. The van der Waals surface area contributed by atoms with Gasteiger partial charge in [0.15, 0.2) is 0 Å². The normalized spacial score (nSPS) is 22.2. The Kier molecular flexibility index (Phi) is 4.40. The van der Waals surface area contributed by atoms with Gasteiger partial charge in [-0.2, -0.15) is 0 Å². The van der Waals surface area contributed by atoms with E-state index in [4.69, 9.17) is 0 Å². The molecule has 3 nitrogen and oxygen atoms in total. The average molecular weight is 267 g/mol. The van der Waals surface area contributed by atoms with Crippen molar-refractivity contribution < 1.29 is 9.32 Å². The first-order chi connectivity index (χ1) is 8.56. The molecule has 1 aliphatic carbocycles. The van der Waals surface area contributed by atoms with Crippen LogP contribution in [0, 0.1) is 0 Å². The Hall–Kier alpha value is -0.870. The number of rotatable bonds is 4. The summed E-state index contributed by atoms with van der Waals surface area (Å²) in [5.41, 5.74) is 2.52. The van der Waals surface area contributed by atoms with Crippen LogP contribution in [-0.2, 0) is 17.2 Å². The van der Waals surface area contributed by atoms with Crippen molar-refractivity contribution >= 4 is 10.8 Å². The quantitative estimate of drug-likeness (QED) is 0.878. The summed E-state index contributed by atoms with van der Waals surface area (Å²) in [6.45, 7) is 2.07. The third-order valence-electron chi connectivity index (χ3n) is 3.41. The van der Waals surface area contributed by atoms with Crippen LogP contribution in [0.1, 0.15) is 36.9 Å². The lowest BCUT2D eigenvalue weighted by Gasteiger charge is -2.29. The van der Waals surface area contributed by atoms with Crippen LogP contribution < -0.4 is 5.32 Å². The van der Waals surface area contributed by atoms with Gasteiger partial charge in [0.25, 0.3) is 0 Å². The lowest BCUT2D eigenvalue weighted by atomic mass is 9.87. The van der Waals surface area contributed by atoms with E-state index in [2.05, 4.69) is 12.2 Å². The summed E-state index contributed by atoms with van der Waals surface area (Å²) in [5, 5.41) is 13.1. The molecule has 18 heavy (non-hydrogen) atoms. The van der Waals surface area contributed by atoms with Gasteiger partial charge in [-0.3, -0.25) is 4.21 Å². The van der Waals surface area contributed by atoms with Gasteiger partial charge in [-0.05, 0) is 49.4 Å². The van der Waals surface area contributed by atoms with E-state index in [0.717, 1.165) is 19.3 Å². The third-order valence-corrected chi connectivity index (χ3v) is 4.38. The van der Waals surface area contributed by atoms with Crippen LogP contribution >= 0.6 is 0 Å². The summed E-state index contributed by atoms with van der Waals surface area (Å²) in [6.07, 6.45) is 5.06. The highest BCUT2D eigenvalue weighted by molar-refractivity contribution is 7.84. The molecular weight excluding hydrogens is 246 g/mol. The lowest BCUT2D eigenvalue weighted by molar-refractivity contribution is 0.419. The minimum absolute atomic E-state index is 0.231. The van der Waals surface area contributed by atoms with E-state index < -0.39 is 10.8 Å². The molecule has 0 heterocycles. The van der Waals surface area contributed by atoms with E-state index in [1.807, 2.05) is 12.1 Å². The SMILES string of the molecule is CC(CS(C)=O)NC1CCCc2ccc(O)cc21. The molecule has 0 saturated heterocycles. The largest absolute Gasteiger partial charge is 0.508 e. The number of hydrogen-bond donors (Lipinski definition) is 2. The summed E-state index contributed by atoms with van der Waals surface area (Å²) in [6, 6.07) is 6.14. The van der Waals surface area contributed by atoms with Crippen molar-refractivity contribution in [3.63, 3.8) is 0 Å². The zero-order valence-electron chi connectivity index (χ0n) is 11.0. The van der Waals surface area contributed by atoms with Crippen LogP contribution in [0.3, 0.4) is 0 Å². The average Bonchev–Trinajstić information content (AvgIpc) is 2.28. The van der Waals surface area contributed by atoms with Gasteiger partial charge in [0.2, 0.25) is 0 Å². The number of nitrogens with one attached hydrogen (secondary N) is 1. The number of fused-ring (bicyclic) bond motifs is 1. The summed E-state index contributed by atoms with van der Waals surface area (Å²) in [5.74, 6) is 0.999. The van der Waals surface area contributed by atoms with Gasteiger partial charge in [-0.1, -0.05) is 6.07 Å². The second-order valence-corrected chi connectivity index (χ2v) is 6.62. The molecule has 0 amide bonds. The molecule has 3 atom stereocenters. The molecule has 1 aliphatic rings. The molecule has 0 radical (unpaired) electrons. The molecule has 0 aromatic heterocycles. The fraction of sp³-hybridized carbons (Fsp3) is 0.571. The molecule has 3 unspecified atom stereocenters. The monoisotopic (exact) mass is 267 g/mol. The first kappa shape index (κ1) is 13.6. The molecule has 2 N–H and O–H groups in total. The van der Waals surface area contributed by atoms with Gasteiger partial charge in [0.05, 0.1) is 0 Å². The predicted octanol–water partition coefficient (Wildman–Crippen LogP) is 2.13. The molecule has 0 aliphatic heterocycles. The fourth-order valence-corrected chi connectivity index (χ4v) is 3.50. The van der Waals surface area contributed by atoms with Crippen molar-refractivity contribution in [3.05, 3.63) is 29.3 Å². The number of aryl methyl sites for hydroxylation is 1. The molecule has 0 bridgehead atoms. The van der Waals surface area contributed by atoms with Gasteiger partial charge in [0, 0.05) is 34.9 Å². The van der Waals surface area contributed by atoms with E-state index in [-0.39, 0.29) is 12.1 Å². The maximum absolute atomic E-state index is 11.2. The smallest absolute Gasteiger partial charge is 0.115 e. The van der Waals surface area contributed by atoms with Gasteiger partial charge in [-0.25, -0.2) is 0 Å². The van der Waals surface area contributed by atoms with E-state index in [1.54, 1.807) is 12.3 Å². The number of hydrogen-bond acceptors (Lipinski definition) is 3. The van der Waals surface area contributed by atoms with Crippen LogP contribution in [0.15, 0.2) is 18.2 Å². The van der Waals surface area contributed by atoms with Gasteiger partial charge in [0.1, 0.15) is 5.75 Å². The minimum atomic E-state index is -0.774. The zero-order chi connectivity index (χ0) is 13.1. The van der Waals surface area contributed by atoms with E-state index in [9.17, 15) is 9.32 Å². The van der Waals surface area contributed by atoms with Crippen LogP contribution in [0.4, 0.5) is 0 Å². The highest BCUT2D eigenvalue weighted by Crippen LogP contribution is 2.32. The molecule has 1 aromatic rings. The summed E-state index contributed by atoms with van der Waals surface area (Å²) < 4.78 is 11.2. The molecule has 2 rings (SSSR count). The molecule has 0 fully saturated rings. The molecule has 0 saturated carbocycles. The van der Waals surface area contributed by atoms with Crippen LogP contribution in [0.5, 0.6) is 5.75 Å². The fourth-order valence-electron chi connectivity index (χ4n) is 2.70. The Labute approximate surface area is 111 Å². The second-order valence-electron chi connectivity index (χ2n) is 5.14. The highest BCUT2D eigenvalue weighted by atomic mass is 32.2. The topological polar surface area (TPSA) is 49.3 Å². The third kappa shape index (κ3) is 3.33. The number of phenols is 1. The maximum Gasteiger partial charge on any atom is 0.115 e. The van der Waals surface area contributed by atoms with Crippen LogP contribution in [0.2, 0.25) is 0 Å². The van der Waals surface area contributed by atoms with E-state index in [1.165, 1.54) is 11.1 Å². The van der Waals surface area contributed by atoms with Gasteiger partial charge < -0.3 is 10.4 Å². The number of phenolic OH excluding ortho intramolecular Hbond substituents is 1. The molecule has 1 aromatic carbocycles. The molecular formula is C14H21NO2S. The van der Waals surface area contributed by atoms with Crippen molar-refractivity contribution in [2.75, 3.05) is 12.0 Å². The Bertz CT molecular complexity index is 447. The van der Waals surface area contributed by atoms with Crippen molar-refractivity contribution in [2.45, 2.75) is 38.3 Å². The van der Waals surface area contributed by atoms with Crippen LogP contribution in [-0.4, -0.2) is 27.4 Å². The zero-order valence-corrected chi connectivity index (χ0v) is 11.8. The van der Waals surface area contributed by atoms with Crippen molar-refractivity contribution in [2.24, 2.45) is 0 Å². The minimum Gasteiger partial charge on any atom is -0.508 e. The lowest BCUT2D eigenvalue weighted by Crippen LogP contribution is -2.36. The molecule has 4 heteroatoms. The van der Waals surface area contributed by atoms with Gasteiger partial charge in [-0.15, -0.1) is 0 Å². The predicted molar refractivity (Wildman–Crippen MR) is 75.3 cm³/mol. The Morgan fingerprint density at radius 3 is 3.06 bits per heavy atom. The molecule has 100 valence electrons. The van der Waals surface area contributed by atoms with Crippen molar-refractivity contribution in [1.82, 2.24) is 5.32 Å². The Morgan fingerprint density at radius 2 is 2.33 bits per heavy atom. The second kappa shape index (κ2) is 5.85. The van der Waals surface area contributed by atoms with E-state index in [0.29, 0.717) is 11.5 Å². The van der Waals surface area contributed by atoms with Crippen LogP contribution in [0.25, 0.3) is 0 Å². The first-order valence-electron chi connectivity index (χ1n) is 6.44. The first-order valence-corrected chi connectivity index (χ1v) is 8.17. The van der Waals surface area contributed by atoms with Gasteiger partial charge >= 0.3 is 0 Å². The Morgan fingerprint density at radius 1 is 1.56 bits per heavy atom.